The van der Waals surface area contributed by atoms with Crippen molar-refractivity contribution < 1.29 is 22.7 Å². The number of fused-ring (bicyclic) bond motifs is 1. The van der Waals surface area contributed by atoms with Crippen molar-refractivity contribution in [1.82, 2.24) is 0 Å². The first-order chi connectivity index (χ1) is 12.9. The Morgan fingerprint density at radius 1 is 0.963 bits per heavy atom. The van der Waals surface area contributed by atoms with E-state index in [1.165, 1.54) is 12.7 Å². The maximum absolute atomic E-state index is 13.2. The molecule has 1 aliphatic carbocycles. The van der Waals surface area contributed by atoms with E-state index in [0.29, 0.717) is 17.1 Å². The summed E-state index contributed by atoms with van der Waals surface area (Å²) in [6.07, 6.45) is 6.36. The number of ketones is 1. The van der Waals surface area contributed by atoms with Crippen molar-refractivity contribution >= 4 is 15.6 Å². The SMILES string of the molecule is CS(=O)(=O)c1ccc(-c2cc3c(cc2C(=O)C2CCCCC2)OCO3)cc1. The Hall–Kier alpha value is -2.34. The van der Waals surface area contributed by atoms with E-state index in [1.54, 1.807) is 30.3 Å². The normalized spacial score (nSPS) is 17.1. The van der Waals surface area contributed by atoms with E-state index in [1.807, 2.05) is 6.07 Å². The van der Waals surface area contributed by atoms with Crippen LogP contribution >= 0.6 is 0 Å². The van der Waals surface area contributed by atoms with Crippen LogP contribution in [0.25, 0.3) is 11.1 Å². The second-order valence-corrected chi connectivity index (χ2v) is 9.26. The zero-order chi connectivity index (χ0) is 19.0. The fourth-order valence-corrected chi connectivity index (χ4v) is 4.48. The summed E-state index contributed by atoms with van der Waals surface area (Å²) in [4.78, 5) is 13.5. The average Bonchev–Trinajstić information content (AvgIpc) is 3.14. The van der Waals surface area contributed by atoms with Crippen molar-refractivity contribution in [3.8, 4) is 22.6 Å². The van der Waals surface area contributed by atoms with Crippen LogP contribution in [0.3, 0.4) is 0 Å². The number of Topliss-reactive ketones (excluding diaryl/α,β-unsaturated/α-hetero) is 1. The second kappa shape index (κ2) is 7.00. The van der Waals surface area contributed by atoms with Gasteiger partial charge in [0.05, 0.1) is 4.90 Å². The van der Waals surface area contributed by atoms with E-state index < -0.39 is 9.84 Å². The predicted molar refractivity (Wildman–Crippen MR) is 102 cm³/mol. The molecule has 2 aliphatic rings. The van der Waals surface area contributed by atoms with Gasteiger partial charge >= 0.3 is 0 Å². The van der Waals surface area contributed by atoms with Crippen LogP contribution in [0.15, 0.2) is 41.3 Å². The molecule has 0 aromatic heterocycles. The smallest absolute Gasteiger partial charge is 0.231 e. The molecule has 0 bridgehead atoms. The fourth-order valence-electron chi connectivity index (χ4n) is 3.85. The minimum atomic E-state index is -3.27. The summed E-state index contributed by atoms with van der Waals surface area (Å²) >= 11 is 0. The second-order valence-electron chi connectivity index (χ2n) is 7.25. The summed E-state index contributed by atoms with van der Waals surface area (Å²) in [5, 5.41) is 0. The Kier molecular flexibility index (Phi) is 4.68. The predicted octanol–water partition coefficient (Wildman–Crippen LogP) is 4.25. The molecule has 0 N–H and O–H groups in total. The van der Waals surface area contributed by atoms with Crippen LogP contribution in [0.5, 0.6) is 11.5 Å². The minimum Gasteiger partial charge on any atom is -0.454 e. The molecule has 1 saturated carbocycles. The molecule has 6 heteroatoms. The third kappa shape index (κ3) is 3.58. The van der Waals surface area contributed by atoms with Gasteiger partial charge in [-0.15, -0.1) is 0 Å². The van der Waals surface area contributed by atoms with Crippen LogP contribution in [-0.2, 0) is 9.84 Å². The quantitative estimate of drug-likeness (QED) is 0.735. The molecule has 0 spiro atoms. The van der Waals surface area contributed by atoms with Crippen molar-refractivity contribution in [1.29, 1.82) is 0 Å². The van der Waals surface area contributed by atoms with Gasteiger partial charge in [-0.25, -0.2) is 8.42 Å². The van der Waals surface area contributed by atoms with Gasteiger partial charge < -0.3 is 9.47 Å². The first-order valence-corrected chi connectivity index (χ1v) is 11.1. The Bertz CT molecular complexity index is 970. The van der Waals surface area contributed by atoms with Crippen molar-refractivity contribution in [3.05, 3.63) is 42.0 Å². The first-order valence-electron chi connectivity index (χ1n) is 9.22. The summed E-state index contributed by atoms with van der Waals surface area (Å²) < 4.78 is 34.4. The molecule has 0 radical (unpaired) electrons. The highest BCUT2D eigenvalue weighted by Gasteiger charge is 2.27. The Labute approximate surface area is 159 Å². The van der Waals surface area contributed by atoms with Gasteiger partial charge in [-0.1, -0.05) is 31.4 Å². The van der Waals surface area contributed by atoms with E-state index in [4.69, 9.17) is 9.47 Å². The zero-order valence-electron chi connectivity index (χ0n) is 15.2. The third-order valence-electron chi connectivity index (χ3n) is 5.35. The monoisotopic (exact) mass is 386 g/mol. The Morgan fingerprint density at radius 2 is 1.59 bits per heavy atom. The number of ether oxygens (including phenoxy) is 2. The summed E-state index contributed by atoms with van der Waals surface area (Å²) in [6, 6.07) is 10.2. The van der Waals surface area contributed by atoms with Gasteiger partial charge in [0, 0.05) is 17.7 Å². The van der Waals surface area contributed by atoms with E-state index in [2.05, 4.69) is 0 Å². The van der Waals surface area contributed by atoms with Crippen LogP contribution in [0.1, 0.15) is 42.5 Å². The molecule has 0 saturated heterocycles. The Morgan fingerprint density at radius 3 is 2.22 bits per heavy atom. The Balaban J connectivity index is 1.78. The van der Waals surface area contributed by atoms with Gasteiger partial charge in [0.25, 0.3) is 0 Å². The molecule has 27 heavy (non-hydrogen) atoms. The van der Waals surface area contributed by atoms with Gasteiger partial charge in [0.1, 0.15) is 0 Å². The van der Waals surface area contributed by atoms with E-state index >= 15 is 0 Å². The molecule has 1 aliphatic heterocycles. The largest absolute Gasteiger partial charge is 0.454 e. The lowest BCUT2D eigenvalue weighted by atomic mass is 9.82. The molecule has 1 heterocycles. The highest BCUT2D eigenvalue weighted by molar-refractivity contribution is 7.90. The molecule has 0 amide bonds. The number of rotatable bonds is 4. The van der Waals surface area contributed by atoms with Gasteiger partial charge in [-0.05, 0) is 48.2 Å². The van der Waals surface area contributed by atoms with Gasteiger partial charge in [0.2, 0.25) is 6.79 Å². The number of hydrogen-bond donors (Lipinski definition) is 0. The number of sulfone groups is 1. The number of carbonyl (C=O) groups excluding carboxylic acids is 1. The lowest BCUT2D eigenvalue weighted by molar-refractivity contribution is 0.0890. The van der Waals surface area contributed by atoms with Crippen LogP contribution in [-0.4, -0.2) is 27.2 Å². The molecule has 142 valence electrons. The molecular formula is C21H22O5S. The van der Waals surface area contributed by atoms with Gasteiger partial charge in [0.15, 0.2) is 27.1 Å². The number of benzene rings is 2. The van der Waals surface area contributed by atoms with Gasteiger partial charge in [-0.2, -0.15) is 0 Å². The van der Waals surface area contributed by atoms with Crippen molar-refractivity contribution in [2.75, 3.05) is 13.0 Å². The van der Waals surface area contributed by atoms with Gasteiger partial charge in [-0.3, -0.25) is 4.79 Å². The molecular weight excluding hydrogens is 364 g/mol. The number of carbonyl (C=O) groups is 1. The highest BCUT2D eigenvalue weighted by atomic mass is 32.2. The summed E-state index contributed by atoms with van der Waals surface area (Å²) in [5.74, 6) is 1.37. The lowest BCUT2D eigenvalue weighted by Crippen LogP contribution is -2.18. The molecule has 4 rings (SSSR count). The third-order valence-corrected chi connectivity index (χ3v) is 6.48. The standard InChI is InChI=1S/C21H22O5S/c1-27(23,24)16-9-7-14(8-10-16)17-11-19-20(26-13-25-19)12-18(17)21(22)15-5-3-2-4-6-15/h7-12,15H,2-6,13H2,1H3. The zero-order valence-corrected chi connectivity index (χ0v) is 16.1. The molecule has 2 aromatic rings. The maximum atomic E-state index is 13.2. The van der Waals surface area contributed by atoms with E-state index in [-0.39, 0.29) is 23.4 Å². The topological polar surface area (TPSA) is 69.7 Å². The average molecular weight is 386 g/mol. The molecule has 0 unspecified atom stereocenters. The molecule has 2 aromatic carbocycles. The van der Waals surface area contributed by atoms with Crippen LogP contribution < -0.4 is 9.47 Å². The van der Waals surface area contributed by atoms with Crippen LogP contribution in [0.4, 0.5) is 0 Å². The number of hydrogen-bond acceptors (Lipinski definition) is 5. The van der Waals surface area contributed by atoms with Crippen molar-refractivity contribution in [3.63, 3.8) is 0 Å². The van der Waals surface area contributed by atoms with Crippen molar-refractivity contribution in [2.24, 2.45) is 5.92 Å². The lowest BCUT2D eigenvalue weighted by Gasteiger charge is -2.22. The minimum absolute atomic E-state index is 0.0353. The highest BCUT2D eigenvalue weighted by Crippen LogP contribution is 2.41. The summed E-state index contributed by atoms with van der Waals surface area (Å²) in [5.41, 5.74) is 2.17. The first kappa shape index (κ1) is 18.0. The van der Waals surface area contributed by atoms with E-state index in [9.17, 15) is 13.2 Å². The van der Waals surface area contributed by atoms with Crippen LogP contribution in [0, 0.1) is 5.92 Å². The molecule has 0 atom stereocenters. The van der Waals surface area contributed by atoms with Crippen LogP contribution in [0.2, 0.25) is 0 Å². The fraction of sp³-hybridized carbons (Fsp3) is 0.381. The summed E-state index contributed by atoms with van der Waals surface area (Å²) in [6.45, 7) is 0.142. The maximum Gasteiger partial charge on any atom is 0.231 e. The molecule has 5 nitrogen and oxygen atoms in total. The van der Waals surface area contributed by atoms with Crippen molar-refractivity contribution in [2.45, 2.75) is 37.0 Å². The molecule has 1 fully saturated rings. The van der Waals surface area contributed by atoms with E-state index in [0.717, 1.165) is 36.8 Å². The summed E-state index contributed by atoms with van der Waals surface area (Å²) in [7, 11) is -3.27.